The van der Waals surface area contributed by atoms with Gasteiger partial charge in [-0.25, -0.2) is 0 Å². The summed E-state index contributed by atoms with van der Waals surface area (Å²) in [6.45, 7) is 9.38. The molecule has 5 heterocycles. The minimum Gasteiger partial charge on any atom is -0.366 e. The Morgan fingerprint density at radius 2 is 1.89 bits per heavy atom. The molecule has 1 atom stereocenters. The first kappa shape index (κ1) is 24.8. The van der Waals surface area contributed by atoms with Crippen LogP contribution in [-0.2, 0) is 22.6 Å². The molecule has 6 rings (SSSR count). The van der Waals surface area contributed by atoms with Gasteiger partial charge in [-0.3, -0.25) is 19.5 Å². The first-order valence-electron chi connectivity index (χ1n) is 13.4. The molecule has 3 aliphatic rings. The van der Waals surface area contributed by atoms with Crippen LogP contribution in [0.25, 0.3) is 21.3 Å². The van der Waals surface area contributed by atoms with Crippen LogP contribution < -0.4 is 4.90 Å². The van der Waals surface area contributed by atoms with Gasteiger partial charge in [0, 0.05) is 78.0 Å². The van der Waals surface area contributed by atoms with Gasteiger partial charge >= 0.3 is 0 Å². The molecule has 3 aromatic rings. The minimum absolute atomic E-state index is 0.0849. The van der Waals surface area contributed by atoms with Crippen molar-refractivity contribution in [1.29, 1.82) is 0 Å². The summed E-state index contributed by atoms with van der Waals surface area (Å²) in [5.41, 5.74) is 5.84. The molecule has 0 spiro atoms. The Balaban J connectivity index is 1.39. The highest BCUT2D eigenvalue weighted by atomic mass is 35.5. The monoisotopic (exact) mass is 536 g/mol. The Hall–Kier alpha value is -2.48. The summed E-state index contributed by atoms with van der Waals surface area (Å²) in [7, 11) is 0. The summed E-state index contributed by atoms with van der Waals surface area (Å²) in [6, 6.07) is 8.88. The molecule has 0 bridgehead atoms. The number of hydrogen-bond acceptors (Lipinski definition) is 6. The molecule has 1 aromatic carbocycles. The van der Waals surface area contributed by atoms with E-state index in [9.17, 15) is 9.59 Å². The molecule has 8 heteroatoms. The van der Waals surface area contributed by atoms with Gasteiger partial charge in [-0.05, 0) is 55.0 Å². The van der Waals surface area contributed by atoms with E-state index >= 15 is 0 Å². The van der Waals surface area contributed by atoms with E-state index < -0.39 is 0 Å². The predicted molar refractivity (Wildman–Crippen MR) is 150 cm³/mol. The number of pyridine rings is 1. The highest BCUT2D eigenvalue weighted by Gasteiger charge is 2.33. The third-order valence-electron chi connectivity index (χ3n) is 7.82. The molecule has 0 N–H and O–H groups in total. The third-order valence-corrected chi connectivity index (χ3v) is 9.18. The fourth-order valence-electron chi connectivity index (χ4n) is 6.29. The quantitative estimate of drug-likeness (QED) is 0.375. The van der Waals surface area contributed by atoms with Gasteiger partial charge < -0.3 is 9.80 Å². The lowest BCUT2D eigenvalue weighted by Gasteiger charge is -2.38. The first-order valence-corrected chi connectivity index (χ1v) is 14.6. The predicted octanol–water partition coefficient (Wildman–Crippen LogP) is 5.75. The van der Waals surface area contributed by atoms with Crippen molar-refractivity contribution < 1.29 is 9.59 Å². The maximum absolute atomic E-state index is 12.2. The largest absolute Gasteiger partial charge is 0.366 e. The van der Waals surface area contributed by atoms with Crippen LogP contribution in [0.2, 0.25) is 5.02 Å². The second kappa shape index (κ2) is 10.0. The van der Waals surface area contributed by atoms with E-state index in [1.54, 1.807) is 11.3 Å². The number of aryl methyl sites for hydroxylation is 1. The summed E-state index contributed by atoms with van der Waals surface area (Å²) in [4.78, 5) is 36.7. The van der Waals surface area contributed by atoms with E-state index in [0.29, 0.717) is 31.3 Å². The fourth-order valence-corrected chi connectivity index (χ4v) is 7.66. The highest BCUT2D eigenvalue weighted by molar-refractivity contribution is 7.19. The molecule has 0 saturated carbocycles. The van der Waals surface area contributed by atoms with Crippen molar-refractivity contribution in [3.05, 3.63) is 45.9 Å². The van der Waals surface area contributed by atoms with Crippen molar-refractivity contribution in [1.82, 2.24) is 14.8 Å². The average molecular weight is 537 g/mol. The summed E-state index contributed by atoms with van der Waals surface area (Å²) in [5, 5.41) is 0.762. The molecule has 2 fully saturated rings. The van der Waals surface area contributed by atoms with E-state index in [-0.39, 0.29) is 11.8 Å². The number of benzene rings is 1. The number of halogens is 1. The number of imide groups is 1. The summed E-state index contributed by atoms with van der Waals surface area (Å²) in [5.74, 6) is 0.502. The van der Waals surface area contributed by atoms with E-state index in [1.165, 1.54) is 28.1 Å². The van der Waals surface area contributed by atoms with Crippen LogP contribution in [0.4, 0.5) is 5.69 Å². The number of fused-ring (bicyclic) bond motifs is 2. The molecule has 0 radical (unpaired) electrons. The van der Waals surface area contributed by atoms with Gasteiger partial charge in [0.15, 0.2) is 0 Å². The molecular formula is C29H33ClN4O2S. The number of aromatic nitrogens is 1. The summed E-state index contributed by atoms with van der Waals surface area (Å²) in [6.07, 6.45) is 5.84. The number of carbonyl (C=O) groups excluding carboxylic acids is 2. The number of hydrogen-bond donors (Lipinski definition) is 0. The zero-order valence-electron chi connectivity index (χ0n) is 21.5. The molecule has 37 heavy (non-hydrogen) atoms. The second-order valence-electron chi connectivity index (χ2n) is 11.0. The fraction of sp³-hybridized carbons (Fsp3) is 0.483. The van der Waals surface area contributed by atoms with Crippen molar-refractivity contribution in [3.63, 3.8) is 0 Å². The maximum Gasteiger partial charge on any atom is 0.230 e. The van der Waals surface area contributed by atoms with Gasteiger partial charge in [0.05, 0.1) is 16.8 Å². The van der Waals surface area contributed by atoms with E-state index in [1.807, 2.05) is 12.3 Å². The Labute approximate surface area is 227 Å². The number of likely N-dealkylation sites (tertiary alicyclic amines) is 2. The molecule has 6 nitrogen and oxygen atoms in total. The van der Waals surface area contributed by atoms with Crippen LogP contribution in [0.3, 0.4) is 0 Å². The minimum atomic E-state index is -0.0849. The third kappa shape index (κ3) is 4.77. The number of amides is 2. The molecule has 2 aromatic heterocycles. The van der Waals surface area contributed by atoms with E-state index in [4.69, 9.17) is 11.6 Å². The van der Waals surface area contributed by atoms with Crippen molar-refractivity contribution in [2.45, 2.75) is 58.5 Å². The van der Waals surface area contributed by atoms with Gasteiger partial charge in [0.2, 0.25) is 11.8 Å². The van der Waals surface area contributed by atoms with Crippen LogP contribution >= 0.6 is 22.9 Å². The Bertz CT molecular complexity index is 1350. The number of carbonyl (C=O) groups is 2. The molecule has 194 valence electrons. The van der Waals surface area contributed by atoms with Crippen molar-refractivity contribution >= 4 is 50.7 Å². The van der Waals surface area contributed by atoms with Crippen molar-refractivity contribution in [2.75, 3.05) is 31.1 Å². The molecule has 1 unspecified atom stereocenters. The standard InChI is InChI=1S/C29H33ClN4O2S/c1-18(2)15-32-11-8-21(16-32)33-10-3-4-19-12-20(30)13-24(28(19)33)23-7-9-31-25-14-22(37-29(23)25)17-34-26(35)5-6-27(34)36/h7,9,12-14,18,21H,3-6,8,10-11,15-17H2,1-2H3. The zero-order valence-corrected chi connectivity index (χ0v) is 23.1. The van der Waals surface area contributed by atoms with Gasteiger partial charge in [-0.15, -0.1) is 11.3 Å². The summed E-state index contributed by atoms with van der Waals surface area (Å²) >= 11 is 8.33. The number of nitrogens with zero attached hydrogens (tertiary/aromatic N) is 4. The summed E-state index contributed by atoms with van der Waals surface area (Å²) < 4.78 is 1.08. The lowest BCUT2D eigenvalue weighted by molar-refractivity contribution is -0.138. The van der Waals surface area contributed by atoms with Crippen LogP contribution in [0.15, 0.2) is 30.5 Å². The molecular weight excluding hydrogens is 504 g/mol. The van der Waals surface area contributed by atoms with Crippen molar-refractivity contribution in [2.24, 2.45) is 5.92 Å². The second-order valence-corrected chi connectivity index (χ2v) is 12.6. The normalized spacial score (nSPS) is 20.6. The van der Waals surface area contributed by atoms with Crippen LogP contribution in [0.1, 0.15) is 50.0 Å². The van der Waals surface area contributed by atoms with E-state index in [0.717, 1.165) is 64.7 Å². The SMILES string of the molecule is CC(C)CN1CCC(N2CCCc3cc(Cl)cc(-c4ccnc5cc(CN6C(=O)CCC6=O)sc45)c32)C1. The number of thiophene rings is 1. The molecule has 3 aliphatic heterocycles. The Kier molecular flexibility index (Phi) is 6.72. The molecule has 2 saturated heterocycles. The van der Waals surface area contributed by atoms with Gasteiger partial charge in [-0.1, -0.05) is 25.4 Å². The zero-order chi connectivity index (χ0) is 25.7. The first-order chi connectivity index (χ1) is 17.9. The maximum atomic E-state index is 12.2. The van der Waals surface area contributed by atoms with Crippen molar-refractivity contribution in [3.8, 4) is 11.1 Å². The molecule has 2 amide bonds. The molecule has 0 aliphatic carbocycles. The number of rotatable bonds is 6. The highest BCUT2D eigenvalue weighted by Crippen LogP contribution is 2.45. The lowest BCUT2D eigenvalue weighted by Crippen LogP contribution is -2.41. The lowest BCUT2D eigenvalue weighted by atomic mass is 9.92. The van der Waals surface area contributed by atoms with Gasteiger partial charge in [0.25, 0.3) is 0 Å². The smallest absolute Gasteiger partial charge is 0.230 e. The Morgan fingerprint density at radius 1 is 1.08 bits per heavy atom. The van der Waals surface area contributed by atoms with Crippen LogP contribution in [0, 0.1) is 5.92 Å². The van der Waals surface area contributed by atoms with E-state index in [2.05, 4.69) is 46.8 Å². The Morgan fingerprint density at radius 3 is 2.68 bits per heavy atom. The van der Waals surface area contributed by atoms with Gasteiger partial charge in [0.1, 0.15) is 0 Å². The topological polar surface area (TPSA) is 56.8 Å². The van der Waals surface area contributed by atoms with Crippen LogP contribution in [-0.4, -0.2) is 58.8 Å². The average Bonchev–Trinajstić information content (AvgIpc) is 3.58. The van der Waals surface area contributed by atoms with Gasteiger partial charge in [-0.2, -0.15) is 0 Å². The van der Waals surface area contributed by atoms with Crippen LogP contribution in [0.5, 0.6) is 0 Å². The number of anilines is 1.